The molecule has 158 valence electrons. The van der Waals surface area contributed by atoms with Gasteiger partial charge in [-0.25, -0.2) is 9.97 Å². The zero-order chi connectivity index (χ0) is 20.2. The smallest absolute Gasteiger partial charge is 0.264 e. The molecule has 1 aliphatic carbocycles. The highest BCUT2D eigenvalue weighted by atomic mass is 32.1. The summed E-state index contributed by atoms with van der Waals surface area (Å²) in [4.78, 5) is 28.2. The van der Waals surface area contributed by atoms with Crippen molar-refractivity contribution >= 4 is 33.3 Å². The molecule has 2 fully saturated rings. The zero-order valence-electron chi connectivity index (χ0n) is 17.4. The van der Waals surface area contributed by atoms with Crippen LogP contribution in [0, 0.1) is 6.92 Å². The molecule has 0 spiro atoms. The summed E-state index contributed by atoms with van der Waals surface area (Å²) in [5.74, 6) is 0.952. The molecule has 1 amide bonds. The summed E-state index contributed by atoms with van der Waals surface area (Å²) in [6.45, 7) is 7.36. The average molecular weight is 418 g/mol. The summed E-state index contributed by atoms with van der Waals surface area (Å²) in [7, 11) is 1.95. The molecule has 2 aromatic heterocycles. The van der Waals surface area contributed by atoms with Crippen molar-refractivity contribution in [3.8, 4) is 0 Å². The molecule has 2 aliphatic rings. The molecule has 3 heterocycles. The summed E-state index contributed by atoms with van der Waals surface area (Å²) in [5.41, 5.74) is 0.993. The lowest BCUT2D eigenvalue weighted by molar-refractivity contribution is 0.0398. The number of nitrogens with zero attached hydrogens (tertiary/aromatic N) is 4. The van der Waals surface area contributed by atoms with Gasteiger partial charge in [-0.1, -0.05) is 19.3 Å². The largest absolute Gasteiger partial charge is 0.379 e. The second-order valence-electron chi connectivity index (χ2n) is 8.05. The quantitative estimate of drug-likeness (QED) is 0.779. The van der Waals surface area contributed by atoms with Crippen LogP contribution < -0.4 is 5.32 Å². The number of hydrogen-bond acceptors (Lipinski definition) is 7. The van der Waals surface area contributed by atoms with E-state index in [1.165, 1.54) is 30.6 Å². The Balaban J connectivity index is 1.49. The Hall–Kier alpha value is -1.77. The van der Waals surface area contributed by atoms with Crippen LogP contribution in [0.25, 0.3) is 10.2 Å². The summed E-state index contributed by atoms with van der Waals surface area (Å²) in [5, 5.41) is 4.45. The molecular weight excluding hydrogens is 386 g/mol. The van der Waals surface area contributed by atoms with Crippen LogP contribution in [-0.2, 0) is 4.74 Å². The number of nitrogens with one attached hydrogen (secondary N) is 1. The predicted octanol–water partition coefficient (Wildman–Crippen LogP) is 3.15. The molecule has 0 bridgehead atoms. The predicted molar refractivity (Wildman–Crippen MR) is 117 cm³/mol. The van der Waals surface area contributed by atoms with Crippen molar-refractivity contribution in [2.75, 3.05) is 51.8 Å². The lowest BCUT2D eigenvalue weighted by Crippen LogP contribution is -2.39. The van der Waals surface area contributed by atoms with E-state index in [0.717, 1.165) is 78.7 Å². The van der Waals surface area contributed by atoms with Crippen molar-refractivity contribution in [2.24, 2.45) is 0 Å². The first-order valence-corrected chi connectivity index (χ1v) is 11.5. The first kappa shape index (κ1) is 20.5. The Morgan fingerprint density at radius 3 is 2.79 bits per heavy atom. The Labute approximate surface area is 176 Å². The highest BCUT2D eigenvalue weighted by Crippen LogP contribution is 2.34. The number of amides is 1. The number of carbonyl (C=O) groups excluding carboxylic acids is 1. The van der Waals surface area contributed by atoms with Gasteiger partial charge in [-0.3, -0.25) is 9.69 Å². The van der Waals surface area contributed by atoms with Gasteiger partial charge in [0.15, 0.2) is 0 Å². The molecule has 4 rings (SSSR count). The molecule has 0 radical (unpaired) electrons. The molecule has 0 unspecified atom stereocenters. The van der Waals surface area contributed by atoms with Gasteiger partial charge in [-0.2, -0.15) is 0 Å². The monoisotopic (exact) mass is 417 g/mol. The van der Waals surface area contributed by atoms with Crippen molar-refractivity contribution in [3.05, 3.63) is 16.8 Å². The normalized spacial score (nSPS) is 18.8. The summed E-state index contributed by atoms with van der Waals surface area (Å²) < 4.78 is 5.41. The van der Waals surface area contributed by atoms with Crippen molar-refractivity contribution < 1.29 is 9.53 Å². The number of anilines is 1. The molecule has 1 N–H and O–H groups in total. The van der Waals surface area contributed by atoms with Crippen LogP contribution in [0.15, 0.2) is 6.33 Å². The third-order valence-electron chi connectivity index (χ3n) is 6.19. The van der Waals surface area contributed by atoms with Crippen LogP contribution in [0.4, 0.5) is 5.82 Å². The van der Waals surface area contributed by atoms with Crippen LogP contribution in [0.1, 0.15) is 47.3 Å². The van der Waals surface area contributed by atoms with E-state index in [2.05, 4.69) is 20.2 Å². The minimum absolute atomic E-state index is 0.122. The number of rotatable bonds is 6. The maximum Gasteiger partial charge on any atom is 0.264 e. The van der Waals surface area contributed by atoms with E-state index < -0.39 is 0 Å². The van der Waals surface area contributed by atoms with Crippen molar-refractivity contribution in [2.45, 2.75) is 45.1 Å². The molecule has 1 saturated carbocycles. The molecular formula is C21H31N5O2S. The van der Waals surface area contributed by atoms with Gasteiger partial charge < -0.3 is 15.0 Å². The molecule has 1 aliphatic heterocycles. The number of hydrogen-bond donors (Lipinski definition) is 1. The number of fused-ring (bicyclic) bond motifs is 1. The molecule has 8 heteroatoms. The lowest BCUT2D eigenvalue weighted by Gasteiger charge is -2.31. The van der Waals surface area contributed by atoms with Crippen molar-refractivity contribution in [1.29, 1.82) is 0 Å². The molecule has 1 saturated heterocycles. The highest BCUT2D eigenvalue weighted by Gasteiger charge is 2.27. The highest BCUT2D eigenvalue weighted by molar-refractivity contribution is 7.20. The fraction of sp³-hybridized carbons (Fsp3) is 0.667. The second-order valence-corrected chi connectivity index (χ2v) is 9.05. The number of ether oxygens (including phenoxy) is 1. The molecule has 29 heavy (non-hydrogen) atoms. The molecule has 0 atom stereocenters. The number of aryl methyl sites for hydroxylation is 1. The van der Waals surface area contributed by atoms with E-state index in [1.54, 1.807) is 6.33 Å². The van der Waals surface area contributed by atoms with Crippen LogP contribution in [0.3, 0.4) is 0 Å². The Morgan fingerprint density at radius 1 is 1.28 bits per heavy atom. The number of morpholine rings is 1. The molecule has 2 aromatic rings. The van der Waals surface area contributed by atoms with Crippen molar-refractivity contribution in [3.63, 3.8) is 0 Å². The Morgan fingerprint density at radius 2 is 2.03 bits per heavy atom. The Bertz CT molecular complexity index is 843. The van der Waals surface area contributed by atoms with Gasteiger partial charge in [-0.05, 0) is 25.3 Å². The topological polar surface area (TPSA) is 70.6 Å². The third kappa shape index (κ3) is 4.54. The third-order valence-corrected chi connectivity index (χ3v) is 7.38. The summed E-state index contributed by atoms with van der Waals surface area (Å²) in [6, 6.07) is 0.359. The number of thiophene rings is 1. The van der Waals surface area contributed by atoms with Gasteiger partial charge in [0.2, 0.25) is 0 Å². The van der Waals surface area contributed by atoms with Gasteiger partial charge in [0.25, 0.3) is 5.91 Å². The first-order chi connectivity index (χ1) is 14.1. The van der Waals surface area contributed by atoms with E-state index in [1.807, 2.05) is 18.9 Å². The van der Waals surface area contributed by atoms with Gasteiger partial charge >= 0.3 is 0 Å². The van der Waals surface area contributed by atoms with Gasteiger partial charge in [-0.15, -0.1) is 11.3 Å². The first-order valence-electron chi connectivity index (χ1n) is 10.7. The van der Waals surface area contributed by atoms with E-state index in [9.17, 15) is 4.79 Å². The standard InChI is InChI=1S/C21H31N5O2S/c1-15-17-19(22-8-9-26-10-12-28-13-11-26)23-14-24-20(17)29-18(15)21(27)25(2)16-6-4-3-5-7-16/h14,16H,3-13H2,1-2H3,(H,22,23,24). The summed E-state index contributed by atoms with van der Waals surface area (Å²) >= 11 is 1.49. The van der Waals surface area contributed by atoms with Crippen LogP contribution in [0.2, 0.25) is 0 Å². The minimum Gasteiger partial charge on any atom is -0.379 e. The maximum absolute atomic E-state index is 13.2. The zero-order valence-corrected chi connectivity index (χ0v) is 18.3. The average Bonchev–Trinajstić information content (AvgIpc) is 3.11. The van der Waals surface area contributed by atoms with Crippen LogP contribution >= 0.6 is 11.3 Å². The van der Waals surface area contributed by atoms with Crippen molar-refractivity contribution in [1.82, 2.24) is 19.8 Å². The summed E-state index contributed by atoms with van der Waals surface area (Å²) in [6.07, 6.45) is 7.54. The number of aromatic nitrogens is 2. The van der Waals surface area contributed by atoms with E-state index in [0.29, 0.717) is 6.04 Å². The van der Waals surface area contributed by atoms with Crippen LogP contribution in [-0.4, -0.2) is 78.2 Å². The van der Waals surface area contributed by atoms with E-state index >= 15 is 0 Å². The SMILES string of the molecule is Cc1c(C(=O)N(C)C2CCCCC2)sc2ncnc(NCCN3CCOCC3)c12. The molecule has 0 aromatic carbocycles. The Kier molecular flexibility index (Phi) is 6.62. The van der Waals surface area contributed by atoms with E-state index in [4.69, 9.17) is 4.74 Å². The molecule has 7 nitrogen and oxygen atoms in total. The minimum atomic E-state index is 0.122. The van der Waals surface area contributed by atoms with Crippen LogP contribution in [0.5, 0.6) is 0 Å². The van der Waals surface area contributed by atoms with Gasteiger partial charge in [0, 0.05) is 39.3 Å². The number of carbonyl (C=O) groups is 1. The fourth-order valence-electron chi connectivity index (χ4n) is 4.36. The lowest BCUT2D eigenvalue weighted by atomic mass is 9.94. The second kappa shape index (κ2) is 9.36. The van der Waals surface area contributed by atoms with Gasteiger partial charge in [0.1, 0.15) is 17.0 Å². The fourth-order valence-corrected chi connectivity index (χ4v) is 5.49. The van der Waals surface area contributed by atoms with E-state index in [-0.39, 0.29) is 5.91 Å². The maximum atomic E-state index is 13.2. The van der Waals surface area contributed by atoms with Gasteiger partial charge in [0.05, 0.1) is 23.5 Å².